The van der Waals surface area contributed by atoms with E-state index in [2.05, 4.69) is 21.3 Å². The standard InChI is InChI=1S/C17H27N3/c1-2-7-15(8-3-1)10-12-18-16-9-6-11-19-17(16)20-13-4-5-14-20/h6,9,11,15,18H,1-5,7-8,10,12-14H2. The van der Waals surface area contributed by atoms with Crippen molar-refractivity contribution in [1.29, 1.82) is 0 Å². The Morgan fingerprint density at radius 3 is 2.70 bits per heavy atom. The Kier molecular flexibility index (Phi) is 4.77. The lowest BCUT2D eigenvalue weighted by Gasteiger charge is -2.23. The van der Waals surface area contributed by atoms with E-state index in [0.717, 1.165) is 31.4 Å². The lowest BCUT2D eigenvalue weighted by Crippen LogP contribution is -2.21. The van der Waals surface area contributed by atoms with Crippen LogP contribution in [0.5, 0.6) is 0 Å². The van der Waals surface area contributed by atoms with Crippen LogP contribution in [0.25, 0.3) is 0 Å². The van der Waals surface area contributed by atoms with E-state index in [1.165, 1.54) is 57.1 Å². The molecular formula is C17H27N3. The molecule has 2 aliphatic rings. The highest BCUT2D eigenvalue weighted by Crippen LogP contribution is 2.28. The Hall–Kier alpha value is -1.25. The molecule has 0 unspecified atom stereocenters. The lowest BCUT2D eigenvalue weighted by atomic mass is 9.87. The van der Waals surface area contributed by atoms with Gasteiger partial charge in [0.2, 0.25) is 0 Å². The van der Waals surface area contributed by atoms with Gasteiger partial charge in [-0.25, -0.2) is 4.98 Å². The highest BCUT2D eigenvalue weighted by molar-refractivity contribution is 5.65. The molecule has 0 atom stereocenters. The van der Waals surface area contributed by atoms with E-state index in [9.17, 15) is 0 Å². The van der Waals surface area contributed by atoms with Crippen molar-refractivity contribution in [3.8, 4) is 0 Å². The maximum Gasteiger partial charge on any atom is 0.151 e. The van der Waals surface area contributed by atoms with Gasteiger partial charge in [-0.3, -0.25) is 0 Å². The first kappa shape index (κ1) is 13.7. The van der Waals surface area contributed by atoms with Gasteiger partial charge in [0.05, 0.1) is 5.69 Å². The third kappa shape index (κ3) is 3.44. The van der Waals surface area contributed by atoms with E-state index in [4.69, 9.17) is 0 Å². The van der Waals surface area contributed by atoms with Crippen molar-refractivity contribution in [2.24, 2.45) is 5.92 Å². The molecule has 1 saturated carbocycles. The molecule has 0 aromatic carbocycles. The van der Waals surface area contributed by atoms with Gasteiger partial charge in [0.15, 0.2) is 5.82 Å². The van der Waals surface area contributed by atoms with E-state index < -0.39 is 0 Å². The molecule has 2 heterocycles. The zero-order valence-electron chi connectivity index (χ0n) is 12.5. The smallest absolute Gasteiger partial charge is 0.151 e. The van der Waals surface area contributed by atoms with Crippen molar-refractivity contribution in [3.63, 3.8) is 0 Å². The van der Waals surface area contributed by atoms with Crippen molar-refractivity contribution < 1.29 is 0 Å². The van der Waals surface area contributed by atoms with Crippen LogP contribution in [0, 0.1) is 5.92 Å². The summed E-state index contributed by atoms with van der Waals surface area (Å²) < 4.78 is 0. The molecule has 0 amide bonds. The van der Waals surface area contributed by atoms with Crippen molar-refractivity contribution in [1.82, 2.24) is 4.98 Å². The summed E-state index contributed by atoms with van der Waals surface area (Å²) in [5, 5.41) is 3.63. The third-order valence-corrected chi connectivity index (χ3v) is 4.79. The number of hydrogen-bond acceptors (Lipinski definition) is 3. The molecule has 0 radical (unpaired) electrons. The van der Waals surface area contributed by atoms with Crippen molar-refractivity contribution >= 4 is 11.5 Å². The summed E-state index contributed by atoms with van der Waals surface area (Å²) in [7, 11) is 0. The quantitative estimate of drug-likeness (QED) is 0.876. The topological polar surface area (TPSA) is 28.2 Å². The van der Waals surface area contributed by atoms with Crippen LogP contribution in [0.15, 0.2) is 18.3 Å². The van der Waals surface area contributed by atoms with Gasteiger partial charge in [-0.15, -0.1) is 0 Å². The molecule has 3 rings (SSSR count). The van der Waals surface area contributed by atoms with Crippen molar-refractivity contribution in [2.75, 3.05) is 29.9 Å². The molecule has 0 spiro atoms. The molecular weight excluding hydrogens is 246 g/mol. The molecule has 1 saturated heterocycles. The first-order valence-electron chi connectivity index (χ1n) is 8.37. The van der Waals surface area contributed by atoms with Crippen LogP contribution in [0.4, 0.5) is 11.5 Å². The van der Waals surface area contributed by atoms with Crippen LogP contribution in [0.1, 0.15) is 51.4 Å². The van der Waals surface area contributed by atoms with E-state index in [1.54, 1.807) is 0 Å². The highest BCUT2D eigenvalue weighted by Gasteiger charge is 2.17. The van der Waals surface area contributed by atoms with E-state index >= 15 is 0 Å². The zero-order chi connectivity index (χ0) is 13.6. The van der Waals surface area contributed by atoms with E-state index in [-0.39, 0.29) is 0 Å². The number of nitrogens with one attached hydrogen (secondary N) is 1. The Balaban J connectivity index is 1.53. The molecule has 1 aliphatic heterocycles. The minimum absolute atomic E-state index is 0.947. The molecule has 110 valence electrons. The molecule has 1 aliphatic carbocycles. The number of aromatic nitrogens is 1. The third-order valence-electron chi connectivity index (χ3n) is 4.79. The monoisotopic (exact) mass is 273 g/mol. The van der Waals surface area contributed by atoms with Crippen molar-refractivity contribution in [3.05, 3.63) is 18.3 Å². The molecule has 0 bridgehead atoms. The number of rotatable bonds is 5. The fraction of sp³-hybridized carbons (Fsp3) is 0.706. The molecule has 1 aromatic rings. The lowest BCUT2D eigenvalue weighted by molar-refractivity contribution is 0.345. The highest BCUT2D eigenvalue weighted by atomic mass is 15.2. The van der Waals surface area contributed by atoms with E-state index in [0.29, 0.717) is 0 Å². The molecule has 2 fully saturated rings. The van der Waals surface area contributed by atoms with Crippen LogP contribution in [-0.2, 0) is 0 Å². The second kappa shape index (κ2) is 6.96. The summed E-state index contributed by atoms with van der Waals surface area (Å²) in [6.07, 6.45) is 13.0. The van der Waals surface area contributed by atoms with Gasteiger partial charge in [-0.05, 0) is 37.3 Å². The van der Waals surface area contributed by atoms with Crippen molar-refractivity contribution in [2.45, 2.75) is 51.4 Å². The first-order chi connectivity index (χ1) is 9.93. The maximum atomic E-state index is 4.59. The summed E-state index contributed by atoms with van der Waals surface area (Å²) in [5.74, 6) is 2.11. The molecule has 3 nitrogen and oxygen atoms in total. The second-order valence-corrected chi connectivity index (χ2v) is 6.29. The summed E-state index contributed by atoms with van der Waals surface area (Å²) in [5.41, 5.74) is 1.23. The minimum Gasteiger partial charge on any atom is -0.382 e. The first-order valence-corrected chi connectivity index (χ1v) is 8.37. The number of pyridine rings is 1. The fourth-order valence-corrected chi connectivity index (χ4v) is 3.60. The van der Waals surface area contributed by atoms with Crippen LogP contribution in [-0.4, -0.2) is 24.6 Å². The molecule has 20 heavy (non-hydrogen) atoms. The van der Waals surface area contributed by atoms with Crippen LogP contribution < -0.4 is 10.2 Å². The maximum absolute atomic E-state index is 4.59. The average molecular weight is 273 g/mol. The predicted octanol–water partition coefficient (Wildman–Crippen LogP) is 4.06. The average Bonchev–Trinajstić information content (AvgIpc) is 3.03. The van der Waals surface area contributed by atoms with E-state index in [1.807, 2.05) is 12.3 Å². The Bertz CT molecular complexity index is 406. The van der Waals surface area contributed by atoms with Crippen LogP contribution in [0.3, 0.4) is 0 Å². The fourth-order valence-electron chi connectivity index (χ4n) is 3.60. The van der Waals surface area contributed by atoms with Gasteiger partial charge < -0.3 is 10.2 Å². The second-order valence-electron chi connectivity index (χ2n) is 6.29. The Morgan fingerprint density at radius 1 is 1.10 bits per heavy atom. The predicted molar refractivity (Wildman–Crippen MR) is 85.4 cm³/mol. The zero-order valence-corrected chi connectivity index (χ0v) is 12.5. The van der Waals surface area contributed by atoms with Gasteiger partial charge in [0.1, 0.15) is 0 Å². The van der Waals surface area contributed by atoms with Crippen LogP contribution in [0.2, 0.25) is 0 Å². The van der Waals surface area contributed by atoms with Gasteiger partial charge in [0, 0.05) is 25.8 Å². The number of nitrogens with zero attached hydrogens (tertiary/aromatic N) is 2. The van der Waals surface area contributed by atoms with Gasteiger partial charge >= 0.3 is 0 Å². The SMILES string of the molecule is c1cnc(N2CCCC2)c(NCCC2CCCCC2)c1. The normalized spacial score (nSPS) is 20.3. The van der Waals surface area contributed by atoms with Crippen LogP contribution >= 0.6 is 0 Å². The summed E-state index contributed by atoms with van der Waals surface area (Å²) in [6, 6.07) is 4.23. The number of hydrogen-bond donors (Lipinski definition) is 1. The summed E-state index contributed by atoms with van der Waals surface area (Å²) >= 11 is 0. The summed E-state index contributed by atoms with van der Waals surface area (Å²) in [6.45, 7) is 3.42. The number of anilines is 2. The summed E-state index contributed by atoms with van der Waals surface area (Å²) in [4.78, 5) is 7.01. The van der Waals surface area contributed by atoms with Gasteiger partial charge in [0.25, 0.3) is 0 Å². The van der Waals surface area contributed by atoms with Gasteiger partial charge in [-0.1, -0.05) is 32.1 Å². The minimum atomic E-state index is 0.947. The Morgan fingerprint density at radius 2 is 1.90 bits per heavy atom. The Labute approximate surface area is 122 Å². The molecule has 3 heteroatoms. The van der Waals surface area contributed by atoms with Gasteiger partial charge in [-0.2, -0.15) is 0 Å². The molecule has 1 N–H and O–H groups in total. The molecule has 1 aromatic heterocycles. The largest absolute Gasteiger partial charge is 0.382 e.